The van der Waals surface area contributed by atoms with Crippen LogP contribution in [0.5, 0.6) is 0 Å². The first-order valence-electron chi connectivity index (χ1n) is 14.8. The largest absolute Gasteiger partial charge is 0.538 e. The molecule has 4 aliphatic rings. The van der Waals surface area contributed by atoms with Crippen molar-refractivity contribution in [3.8, 4) is 0 Å². The molecule has 4 rings (SSSR count). The average Bonchev–Trinajstić information content (AvgIpc) is 3.15. The van der Waals surface area contributed by atoms with Gasteiger partial charge in [0.2, 0.25) is 0 Å². The molecule has 0 heterocycles. The Labute approximate surface area is 227 Å². The molecule has 0 aromatic rings. The molecule has 0 aromatic heterocycles. The highest BCUT2D eigenvalue weighted by atomic mass is 32.2. The van der Waals surface area contributed by atoms with Gasteiger partial charge in [0, 0.05) is 0 Å². The van der Waals surface area contributed by atoms with E-state index in [-0.39, 0.29) is 5.41 Å². The summed E-state index contributed by atoms with van der Waals surface area (Å²) in [6.07, 6.45) is 11.0. The van der Waals surface area contributed by atoms with Crippen LogP contribution < -0.4 is 0 Å². The van der Waals surface area contributed by atoms with Crippen molar-refractivity contribution in [2.75, 3.05) is 0 Å². The Balaban J connectivity index is 1.37. The molecule has 220 valence electrons. The van der Waals surface area contributed by atoms with Crippen molar-refractivity contribution in [1.29, 1.82) is 0 Å². The first-order chi connectivity index (χ1) is 17.6. The summed E-state index contributed by atoms with van der Waals surface area (Å²) in [7, 11) is -5.87. The molecule has 0 aliphatic heterocycles. The van der Waals surface area contributed by atoms with Crippen LogP contribution in [-0.2, 0) is 19.6 Å². The predicted octanol–water partition coefficient (Wildman–Crippen LogP) is 8.07. The van der Waals surface area contributed by atoms with E-state index in [1.54, 1.807) is 0 Å². The van der Waals surface area contributed by atoms with E-state index >= 15 is 0 Å². The number of halogens is 2. The van der Waals surface area contributed by atoms with Crippen molar-refractivity contribution in [2.45, 2.75) is 123 Å². The third kappa shape index (κ3) is 5.61. The molecule has 0 bridgehead atoms. The standard InChI is InChI=1S/C29H48F2O6S/c1-18(2)7-6-8-19(3)23-11-12-24-22-10-9-20-17-21(36-26(32)37-29(30,31)38(33,34)35)13-15-27(20,4)25(22)14-16-28(23,24)5/h18-25H,6-17H2,1-5H3,(H,33,34,35)/t19-,20+,21?,22+,23-,24+,25+,27+,28-/m1/s1. The third-order valence-electron chi connectivity index (χ3n) is 11.6. The van der Waals surface area contributed by atoms with Crippen molar-refractivity contribution in [1.82, 2.24) is 0 Å². The lowest BCUT2D eigenvalue weighted by Crippen LogP contribution is -2.54. The molecule has 0 aromatic carbocycles. The molecule has 0 radical (unpaired) electrons. The maximum Gasteiger partial charge on any atom is 0.538 e. The molecule has 4 fully saturated rings. The van der Waals surface area contributed by atoms with Gasteiger partial charge < -0.3 is 9.47 Å². The van der Waals surface area contributed by atoms with Gasteiger partial charge in [0.15, 0.2) is 0 Å². The molecule has 38 heavy (non-hydrogen) atoms. The highest BCUT2D eigenvalue weighted by Crippen LogP contribution is 2.68. The van der Waals surface area contributed by atoms with Gasteiger partial charge in [-0.3, -0.25) is 4.55 Å². The number of hydrogen-bond acceptors (Lipinski definition) is 5. The van der Waals surface area contributed by atoms with E-state index in [0.717, 1.165) is 48.9 Å². The quantitative estimate of drug-likeness (QED) is 0.238. The van der Waals surface area contributed by atoms with Crippen molar-refractivity contribution in [2.24, 2.45) is 52.3 Å². The Morgan fingerprint density at radius 1 is 0.974 bits per heavy atom. The van der Waals surface area contributed by atoms with E-state index in [0.29, 0.717) is 30.1 Å². The number of carbonyl (C=O) groups is 1. The molecule has 0 saturated heterocycles. The van der Waals surface area contributed by atoms with Gasteiger partial charge in [-0.1, -0.05) is 53.9 Å². The normalized spacial score (nSPS) is 40.1. The van der Waals surface area contributed by atoms with E-state index in [1.807, 2.05) is 0 Å². The van der Waals surface area contributed by atoms with Crippen LogP contribution in [0.3, 0.4) is 0 Å². The van der Waals surface area contributed by atoms with Crippen LogP contribution in [0.2, 0.25) is 0 Å². The number of rotatable bonds is 8. The van der Waals surface area contributed by atoms with Gasteiger partial charge in [0.05, 0.1) is 0 Å². The summed E-state index contributed by atoms with van der Waals surface area (Å²) < 4.78 is 65.6. The molecule has 4 saturated carbocycles. The summed E-state index contributed by atoms with van der Waals surface area (Å²) >= 11 is 0. The van der Waals surface area contributed by atoms with E-state index < -0.39 is 27.8 Å². The maximum absolute atomic E-state index is 13.4. The van der Waals surface area contributed by atoms with Crippen molar-refractivity contribution in [3.63, 3.8) is 0 Å². The van der Waals surface area contributed by atoms with Gasteiger partial charge in [-0.2, -0.15) is 8.42 Å². The van der Waals surface area contributed by atoms with Gasteiger partial charge in [-0.05, 0) is 110 Å². The molecular formula is C29H48F2O6S. The van der Waals surface area contributed by atoms with Crippen LogP contribution in [0.1, 0.15) is 112 Å². The van der Waals surface area contributed by atoms with E-state index in [2.05, 4.69) is 39.4 Å². The maximum atomic E-state index is 13.4. The molecular weight excluding hydrogens is 514 g/mol. The minimum absolute atomic E-state index is 0.132. The Morgan fingerprint density at radius 3 is 2.29 bits per heavy atom. The smallest absolute Gasteiger partial charge is 0.431 e. The fraction of sp³-hybridized carbons (Fsp3) is 0.966. The highest BCUT2D eigenvalue weighted by molar-refractivity contribution is 7.86. The topological polar surface area (TPSA) is 89.9 Å². The summed E-state index contributed by atoms with van der Waals surface area (Å²) in [5.41, 5.74) is -4.47. The van der Waals surface area contributed by atoms with Gasteiger partial charge in [-0.15, -0.1) is 8.78 Å². The fourth-order valence-electron chi connectivity index (χ4n) is 9.66. The van der Waals surface area contributed by atoms with Crippen LogP contribution >= 0.6 is 0 Å². The van der Waals surface area contributed by atoms with Crippen LogP contribution in [0.25, 0.3) is 0 Å². The van der Waals surface area contributed by atoms with Crippen LogP contribution in [0.15, 0.2) is 0 Å². The Kier molecular flexibility index (Phi) is 8.52. The van der Waals surface area contributed by atoms with Gasteiger partial charge >= 0.3 is 21.7 Å². The molecule has 0 amide bonds. The monoisotopic (exact) mass is 562 g/mol. The van der Waals surface area contributed by atoms with E-state index in [1.165, 1.54) is 44.9 Å². The van der Waals surface area contributed by atoms with Crippen LogP contribution in [0.4, 0.5) is 13.6 Å². The zero-order valence-corrected chi connectivity index (χ0v) is 24.6. The molecule has 0 spiro atoms. The first kappa shape index (κ1) is 30.0. The summed E-state index contributed by atoms with van der Waals surface area (Å²) in [5, 5.41) is 0. The molecule has 1 unspecified atom stereocenters. The SMILES string of the molecule is CC(C)CCC[C@@H](C)[C@H]1CC[C@H]2[C@@H]3CC[C@H]4CC(OC(=O)OC(F)(F)S(=O)(=O)O)CC[C@]4(C)[C@H]3CC[C@]12C. The Morgan fingerprint density at radius 2 is 1.63 bits per heavy atom. The minimum atomic E-state index is -5.87. The van der Waals surface area contributed by atoms with Crippen LogP contribution in [-0.4, -0.2) is 30.7 Å². The van der Waals surface area contributed by atoms with Crippen LogP contribution in [0, 0.1) is 52.3 Å². The van der Waals surface area contributed by atoms with Gasteiger partial charge in [0.1, 0.15) is 6.10 Å². The number of fused-ring (bicyclic) bond motifs is 5. The number of carbonyl (C=O) groups excluding carboxylic acids is 1. The number of ether oxygens (including phenoxy) is 2. The molecule has 4 aliphatic carbocycles. The zero-order valence-electron chi connectivity index (χ0n) is 23.8. The molecule has 9 heteroatoms. The van der Waals surface area contributed by atoms with Gasteiger partial charge in [0.25, 0.3) is 0 Å². The van der Waals surface area contributed by atoms with Crippen molar-refractivity contribution < 1.29 is 36.0 Å². The fourth-order valence-corrected chi connectivity index (χ4v) is 9.83. The lowest BCUT2D eigenvalue weighted by atomic mass is 9.44. The summed E-state index contributed by atoms with van der Waals surface area (Å²) in [5.74, 6) is 4.79. The lowest BCUT2D eigenvalue weighted by Gasteiger charge is -2.61. The Hall–Kier alpha value is -0.960. The second kappa shape index (κ2) is 10.8. The number of hydrogen-bond donors (Lipinski definition) is 1. The van der Waals surface area contributed by atoms with Crippen molar-refractivity contribution in [3.05, 3.63) is 0 Å². The Bertz CT molecular complexity index is 970. The second-order valence-electron chi connectivity index (χ2n) is 14.0. The van der Waals surface area contributed by atoms with Crippen molar-refractivity contribution >= 4 is 16.3 Å². The summed E-state index contributed by atoms with van der Waals surface area (Å²) in [4.78, 5) is 11.9. The molecule has 1 N–H and O–H groups in total. The number of alkyl halides is 2. The summed E-state index contributed by atoms with van der Waals surface area (Å²) in [6.45, 7) is 12.1. The minimum Gasteiger partial charge on any atom is -0.431 e. The molecule has 9 atom stereocenters. The summed E-state index contributed by atoms with van der Waals surface area (Å²) in [6, 6.07) is 0. The van der Waals surface area contributed by atoms with Gasteiger partial charge in [-0.25, -0.2) is 4.79 Å². The predicted molar refractivity (Wildman–Crippen MR) is 141 cm³/mol. The first-order valence-corrected chi connectivity index (χ1v) is 16.3. The second-order valence-corrected chi connectivity index (χ2v) is 15.4. The van der Waals surface area contributed by atoms with E-state index in [9.17, 15) is 22.0 Å². The third-order valence-corrected chi connectivity index (χ3v) is 12.3. The average molecular weight is 563 g/mol. The molecule has 6 nitrogen and oxygen atoms in total. The lowest BCUT2D eigenvalue weighted by molar-refractivity contribution is -0.165. The zero-order chi connectivity index (χ0) is 28.1. The highest BCUT2D eigenvalue weighted by Gasteiger charge is 2.61. The van der Waals surface area contributed by atoms with E-state index in [4.69, 9.17) is 9.29 Å².